The highest BCUT2D eigenvalue weighted by Gasteiger charge is 2.67. The van der Waals surface area contributed by atoms with E-state index in [1.54, 1.807) is 0 Å². The molecule has 1 fully saturated rings. The summed E-state index contributed by atoms with van der Waals surface area (Å²) in [5.41, 5.74) is 2.18. The molecule has 3 rings (SSSR count). The lowest BCUT2D eigenvalue weighted by Gasteiger charge is -2.16. The summed E-state index contributed by atoms with van der Waals surface area (Å²) in [4.78, 5) is 0. The van der Waals surface area contributed by atoms with Gasteiger partial charge in [-0.25, -0.2) is 0 Å². The van der Waals surface area contributed by atoms with E-state index in [0.717, 1.165) is 11.2 Å². The Bertz CT molecular complexity index is 599. The zero-order chi connectivity index (χ0) is 13.0. The lowest BCUT2D eigenvalue weighted by Crippen LogP contribution is -2.09. The summed E-state index contributed by atoms with van der Waals surface area (Å²) in [5, 5.41) is 3.77. The van der Waals surface area contributed by atoms with E-state index in [1.165, 1.54) is 16.3 Å². The minimum absolute atomic E-state index is 0.306. The molecule has 1 saturated carbocycles. The molecule has 0 radical (unpaired) electrons. The summed E-state index contributed by atoms with van der Waals surface area (Å²) in [6.45, 7) is 7.17. The first-order chi connectivity index (χ1) is 8.51. The fraction of sp³-hybridized carbons (Fsp3) is 0.412. The second-order valence-corrected chi connectivity index (χ2v) is 6.84. The maximum Gasteiger partial charge on any atom is 0.00737 e. The van der Waals surface area contributed by atoms with Gasteiger partial charge < -0.3 is 0 Å². The standard InChI is InChI=1S/C17H19Br/c1-16(2)15(11-18)17(16,3)14-9-8-12-6-4-5-7-13(12)10-14/h4-10,15H,11H2,1-3H3. The van der Waals surface area contributed by atoms with Crippen molar-refractivity contribution < 1.29 is 0 Å². The summed E-state index contributed by atoms with van der Waals surface area (Å²) >= 11 is 3.67. The Morgan fingerprint density at radius 3 is 2.28 bits per heavy atom. The van der Waals surface area contributed by atoms with E-state index in [-0.39, 0.29) is 0 Å². The molecule has 2 atom stereocenters. The van der Waals surface area contributed by atoms with Gasteiger partial charge >= 0.3 is 0 Å². The molecule has 2 unspecified atom stereocenters. The predicted molar refractivity (Wildman–Crippen MR) is 82.4 cm³/mol. The van der Waals surface area contributed by atoms with Crippen LogP contribution in [0, 0.1) is 11.3 Å². The van der Waals surface area contributed by atoms with Crippen LogP contribution in [0.5, 0.6) is 0 Å². The third kappa shape index (κ3) is 1.43. The van der Waals surface area contributed by atoms with Gasteiger partial charge in [-0.15, -0.1) is 0 Å². The number of halogens is 1. The second-order valence-electron chi connectivity index (χ2n) is 6.19. The van der Waals surface area contributed by atoms with Gasteiger partial charge in [0.15, 0.2) is 0 Å². The van der Waals surface area contributed by atoms with Gasteiger partial charge in [0.05, 0.1) is 0 Å². The first-order valence-corrected chi connectivity index (χ1v) is 7.69. The quantitative estimate of drug-likeness (QED) is 0.673. The molecule has 0 saturated heterocycles. The van der Waals surface area contributed by atoms with Gasteiger partial charge in [-0.2, -0.15) is 0 Å². The van der Waals surface area contributed by atoms with Crippen LogP contribution in [0.4, 0.5) is 0 Å². The zero-order valence-electron chi connectivity index (χ0n) is 11.2. The molecule has 1 aliphatic carbocycles. The van der Waals surface area contributed by atoms with E-state index < -0.39 is 0 Å². The number of alkyl halides is 1. The average molecular weight is 303 g/mol. The van der Waals surface area contributed by atoms with Gasteiger partial charge in [0.2, 0.25) is 0 Å². The van der Waals surface area contributed by atoms with Crippen LogP contribution in [0.3, 0.4) is 0 Å². The van der Waals surface area contributed by atoms with Crippen molar-refractivity contribution in [2.75, 3.05) is 5.33 Å². The van der Waals surface area contributed by atoms with Crippen LogP contribution in [0.15, 0.2) is 42.5 Å². The molecule has 0 heterocycles. The lowest BCUT2D eigenvalue weighted by atomic mass is 9.88. The van der Waals surface area contributed by atoms with E-state index in [2.05, 4.69) is 79.2 Å². The van der Waals surface area contributed by atoms with Crippen LogP contribution < -0.4 is 0 Å². The monoisotopic (exact) mass is 302 g/mol. The molecule has 2 aromatic rings. The van der Waals surface area contributed by atoms with Gasteiger partial charge in [0, 0.05) is 10.7 Å². The largest absolute Gasteiger partial charge is 0.0924 e. The van der Waals surface area contributed by atoms with Crippen molar-refractivity contribution >= 4 is 26.7 Å². The van der Waals surface area contributed by atoms with E-state index >= 15 is 0 Å². The highest BCUT2D eigenvalue weighted by Crippen LogP contribution is 2.69. The fourth-order valence-corrected chi connectivity index (χ4v) is 4.99. The number of hydrogen-bond acceptors (Lipinski definition) is 0. The molecule has 94 valence electrons. The Hall–Kier alpha value is -0.820. The number of benzene rings is 2. The van der Waals surface area contributed by atoms with Gasteiger partial charge in [-0.05, 0) is 27.7 Å². The van der Waals surface area contributed by atoms with Crippen LogP contribution in [0.25, 0.3) is 10.8 Å². The van der Waals surface area contributed by atoms with Crippen molar-refractivity contribution in [2.45, 2.75) is 26.2 Å². The molecular weight excluding hydrogens is 284 g/mol. The van der Waals surface area contributed by atoms with Crippen molar-refractivity contribution in [3.05, 3.63) is 48.0 Å². The SMILES string of the molecule is CC1(C)C(CBr)C1(C)c1ccc2ccccc2c1. The van der Waals surface area contributed by atoms with E-state index in [1.807, 2.05) is 0 Å². The Labute approximate surface area is 118 Å². The lowest BCUT2D eigenvalue weighted by molar-refractivity contribution is 0.523. The molecule has 0 nitrogen and oxygen atoms in total. The topological polar surface area (TPSA) is 0 Å². The molecule has 1 heteroatoms. The highest BCUT2D eigenvalue weighted by molar-refractivity contribution is 9.09. The van der Waals surface area contributed by atoms with Crippen molar-refractivity contribution in [3.63, 3.8) is 0 Å². The van der Waals surface area contributed by atoms with E-state index in [9.17, 15) is 0 Å². The van der Waals surface area contributed by atoms with Gasteiger partial charge in [0.1, 0.15) is 0 Å². The average Bonchev–Trinajstić information content (AvgIpc) is 2.83. The third-order valence-electron chi connectivity index (χ3n) is 5.33. The molecule has 0 N–H and O–H groups in total. The Kier molecular flexibility index (Phi) is 2.60. The predicted octanol–water partition coefficient (Wildman–Crippen LogP) is 5.15. The molecule has 18 heavy (non-hydrogen) atoms. The summed E-state index contributed by atoms with van der Waals surface area (Å²) < 4.78 is 0. The number of hydrogen-bond donors (Lipinski definition) is 0. The van der Waals surface area contributed by atoms with Crippen LogP contribution in [-0.4, -0.2) is 5.33 Å². The normalized spacial score (nSPS) is 29.4. The van der Waals surface area contributed by atoms with Crippen LogP contribution in [-0.2, 0) is 5.41 Å². The third-order valence-corrected chi connectivity index (χ3v) is 5.97. The molecule has 1 aliphatic rings. The second kappa shape index (κ2) is 3.84. The molecular formula is C17H19Br. The van der Waals surface area contributed by atoms with Gasteiger partial charge in [-0.3, -0.25) is 0 Å². The summed E-state index contributed by atoms with van der Waals surface area (Å²) in [7, 11) is 0. The van der Waals surface area contributed by atoms with Crippen LogP contribution in [0.1, 0.15) is 26.3 Å². The minimum Gasteiger partial charge on any atom is -0.0924 e. The smallest absolute Gasteiger partial charge is 0.00737 e. The minimum atomic E-state index is 0.306. The molecule has 0 spiro atoms. The van der Waals surface area contributed by atoms with Crippen molar-refractivity contribution in [1.29, 1.82) is 0 Å². The van der Waals surface area contributed by atoms with Crippen molar-refractivity contribution in [3.8, 4) is 0 Å². The number of rotatable bonds is 2. The summed E-state index contributed by atoms with van der Waals surface area (Å²) in [6.07, 6.45) is 0. The van der Waals surface area contributed by atoms with Gasteiger partial charge in [0.25, 0.3) is 0 Å². The Balaban J connectivity index is 2.11. The van der Waals surface area contributed by atoms with Gasteiger partial charge in [-0.1, -0.05) is 79.2 Å². The Morgan fingerprint density at radius 2 is 1.67 bits per heavy atom. The van der Waals surface area contributed by atoms with Crippen molar-refractivity contribution in [2.24, 2.45) is 11.3 Å². The maximum absolute atomic E-state index is 3.67. The maximum atomic E-state index is 3.67. The molecule has 0 amide bonds. The van der Waals surface area contributed by atoms with E-state index in [0.29, 0.717) is 10.8 Å². The summed E-state index contributed by atoms with van der Waals surface area (Å²) in [5.74, 6) is 0.728. The van der Waals surface area contributed by atoms with E-state index in [4.69, 9.17) is 0 Å². The molecule has 0 bridgehead atoms. The van der Waals surface area contributed by atoms with Crippen molar-refractivity contribution in [1.82, 2.24) is 0 Å². The first kappa shape index (κ1) is 12.2. The summed E-state index contributed by atoms with van der Waals surface area (Å²) in [6, 6.07) is 15.6. The molecule has 0 aromatic heterocycles. The zero-order valence-corrected chi connectivity index (χ0v) is 12.8. The molecule has 0 aliphatic heterocycles. The van der Waals surface area contributed by atoms with Crippen LogP contribution in [0.2, 0.25) is 0 Å². The first-order valence-electron chi connectivity index (χ1n) is 6.57. The van der Waals surface area contributed by atoms with Crippen LogP contribution >= 0.6 is 15.9 Å². The Morgan fingerprint density at radius 1 is 1.00 bits per heavy atom. The fourth-order valence-electron chi connectivity index (χ4n) is 3.53. The highest BCUT2D eigenvalue weighted by atomic mass is 79.9. The number of fused-ring (bicyclic) bond motifs is 1. The molecule has 2 aromatic carbocycles.